The van der Waals surface area contributed by atoms with Gasteiger partial charge in [-0.25, -0.2) is 0 Å². The molecule has 3 rings (SSSR count). The Balaban J connectivity index is 1.68. The lowest BCUT2D eigenvalue weighted by Gasteiger charge is -2.06. The van der Waals surface area contributed by atoms with Gasteiger partial charge in [0.2, 0.25) is 11.8 Å². The van der Waals surface area contributed by atoms with Gasteiger partial charge in [-0.3, -0.25) is 25.0 Å². The average Bonchev–Trinajstić information content (AvgIpc) is 3.17. The third-order valence-electron chi connectivity index (χ3n) is 3.65. The molecule has 0 radical (unpaired) electrons. The molecule has 0 bridgehead atoms. The number of carbonyl (C=O) groups excluding carboxylic acids is 2. The molecule has 0 aliphatic rings. The number of carbonyl (C=O) groups is 2. The fraction of sp³-hybridized carbons (Fsp3) is 0.111. The molecule has 0 unspecified atom stereocenters. The van der Waals surface area contributed by atoms with Crippen LogP contribution in [0.4, 0.5) is 17.4 Å². The standard InChI is InChI=1S/C18H15N5O6/c1-28-10-15(24)19-13-4-2-3-12(9-13)16(25)20-18-22-21-17(29-18)11-5-7-14(8-6-11)23(26)27/h2-9H,10H2,1H3,(H,19,24)(H,20,22,25). The predicted molar refractivity (Wildman–Crippen MR) is 101 cm³/mol. The molecular weight excluding hydrogens is 382 g/mol. The first-order chi connectivity index (χ1) is 14.0. The zero-order chi connectivity index (χ0) is 20.8. The van der Waals surface area contributed by atoms with Crippen molar-refractivity contribution in [1.29, 1.82) is 0 Å². The Bertz CT molecular complexity index is 1050. The Hall–Kier alpha value is -4.12. The molecule has 0 aliphatic heterocycles. The van der Waals surface area contributed by atoms with E-state index in [4.69, 9.17) is 9.15 Å². The van der Waals surface area contributed by atoms with E-state index in [9.17, 15) is 19.7 Å². The number of hydrogen-bond acceptors (Lipinski definition) is 8. The Morgan fingerprint density at radius 3 is 2.59 bits per heavy atom. The summed E-state index contributed by atoms with van der Waals surface area (Å²) in [5, 5.41) is 23.3. The SMILES string of the molecule is COCC(=O)Nc1cccc(C(=O)Nc2nnc(-c3ccc([N+](=O)[O-])cc3)o2)c1. The van der Waals surface area contributed by atoms with Crippen molar-refractivity contribution in [2.75, 3.05) is 24.4 Å². The molecule has 11 heteroatoms. The van der Waals surface area contributed by atoms with Gasteiger partial charge in [-0.1, -0.05) is 11.2 Å². The molecule has 3 aromatic rings. The van der Waals surface area contributed by atoms with Gasteiger partial charge in [0.25, 0.3) is 11.6 Å². The molecule has 0 saturated carbocycles. The van der Waals surface area contributed by atoms with Crippen LogP contribution in [0.3, 0.4) is 0 Å². The summed E-state index contributed by atoms with van der Waals surface area (Å²) in [7, 11) is 1.40. The van der Waals surface area contributed by atoms with E-state index in [2.05, 4.69) is 20.8 Å². The van der Waals surface area contributed by atoms with Gasteiger partial charge in [-0.15, -0.1) is 5.10 Å². The molecule has 1 heterocycles. The molecular formula is C18H15N5O6. The van der Waals surface area contributed by atoms with Gasteiger partial charge in [-0.2, -0.15) is 0 Å². The molecule has 0 atom stereocenters. The third-order valence-corrected chi connectivity index (χ3v) is 3.65. The Morgan fingerprint density at radius 2 is 1.90 bits per heavy atom. The summed E-state index contributed by atoms with van der Waals surface area (Å²) in [6.07, 6.45) is 0. The predicted octanol–water partition coefficient (Wildman–Crippen LogP) is 2.48. The van der Waals surface area contributed by atoms with Crippen molar-refractivity contribution in [1.82, 2.24) is 10.2 Å². The van der Waals surface area contributed by atoms with Crippen molar-refractivity contribution >= 4 is 29.2 Å². The Kier molecular flexibility index (Phi) is 5.90. The second kappa shape index (κ2) is 8.71. The maximum absolute atomic E-state index is 12.4. The van der Waals surface area contributed by atoms with E-state index < -0.39 is 10.8 Å². The number of ether oxygens (including phenoxy) is 1. The smallest absolute Gasteiger partial charge is 0.322 e. The average molecular weight is 397 g/mol. The fourth-order valence-electron chi connectivity index (χ4n) is 2.35. The molecule has 0 saturated heterocycles. The van der Waals surface area contributed by atoms with Gasteiger partial charge in [0.05, 0.1) is 4.92 Å². The first-order valence-corrected chi connectivity index (χ1v) is 8.25. The van der Waals surface area contributed by atoms with Crippen LogP contribution in [-0.4, -0.2) is 40.7 Å². The van der Waals surface area contributed by atoms with Crippen molar-refractivity contribution in [3.8, 4) is 11.5 Å². The molecule has 2 amide bonds. The lowest BCUT2D eigenvalue weighted by atomic mass is 10.2. The number of nitrogens with zero attached hydrogens (tertiary/aromatic N) is 3. The lowest BCUT2D eigenvalue weighted by molar-refractivity contribution is -0.384. The molecule has 0 fully saturated rings. The Morgan fingerprint density at radius 1 is 1.14 bits per heavy atom. The summed E-state index contributed by atoms with van der Waals surface area (Å²) >= 11 is 0. The number of methoxy groups -OCH3 is 1. The summed E-state index contributed by atoms with van der Waals surface area (Å²) in [6, 6.07) is 11.7. The molecule has 11 nitrogen and oxygen atoms in total. The number of nitrogens with one attached hydrogen (secondary N) is 2. The zero-order valence-corrected chi connectivity index (χ0v) is 15.1. The summed E-state index contributed by atoms with van der Waals surface area (Å²) in [5.74, 6) is -0.780. The molecule has 1 aromatic heterocycles. The highest BCUT2D eigenvalue weighted by atomic mass is 16.6. The van der Waals surface area contributed by atoms with E-state index in [1.807, 2.05) is 0 Å². The fourth-order valence-corrected chi connectivity index (χ4v) is 2.35. The van der Waals surface area contributed by atoms with Crippen LogP contribution in [0.25, 0.3) is 11.5 Å². The number of nitro benzene ring substituents is 1. The maximum Gasteiger partial charge on any atom is 0.322 e. The summed E-state index contributed by atoms with van der Waals surface area (Å²) in [4.78, 5) is 34.1. The van der Waals surface area contributed by atoms with Crippen LogP contribution in [0.15, 0.2) is 52.9 Å². The van der Waals surface area contributed by atoms with Gasteiger partial charge in [0.1, 0.15) is 6.61 Å². The number of benzene rings is 2. The number of non-ortho nitro benzene ring substituents is 1. The van der Waals surface area contributed by atoms with E-state index in [1.54, 1.807) is 18.2 Å². The number of hydrogen-bond donors (Lipinski definition) is 2. The number of aromatic nitrogens is 2. The molecule has 148 valence electrons. The second-order valence-electron chi connectivity index (χ2n) is 5.73. The van der Waals surface area contributed by atoms with E-state index >= 15 is 0 Å². The van der Waals surface area contributed by atoms with E-state index in [-0.39, 0.29) is 35.7 Å². The molecule has 0 spiro atoms. The Labute approximate surface area is 163 Å². The van der Waals surface area contributed by atoms with E-state index in [0.717, 1.165) is 0 Å². The van der Waals surface area contributed by atoms with Gasteiger partial charge in [-0.05, 0) is 30.3 Å². The monoisotopic (exact) mass is 397 g/mol. The van der Waals surface area contributed by atoms with Crippen LogP contribution in [0.1, 0.15) is 10.4 Å². The maximum atomic E-state index is 12.4. The number of anilines is 2. The van der Waals surface area contributed by atoms with Gasteiger partial charge < -0.3 is 14.5 Å². The van der Waals surface area contributed by atoms with E-state index in [0.29, 0.717) is 11.3 Å². The summed E-state index contributed by atoms with van der Waals surface area (Å²) in [6.45, 7) is -0.107. The molecule has 2 aromatic carbocycles. The summed E-state index contributed by atoms with van der Waals surface area (Å²) in [5.41, 5.74) is 1.08. The highest BCUT2D eigenvalue weighted by Gasteiger charge is 2.14. The summed E-state index contributed by atoms with van der Waals surface area (Å²) < 4.78 is 10.1. The van der Waals surface area contributed by atoms with Crippen molar-refractivity contribution in [3.05, 3.63) is 64.2 Å². The van der Waals surface area contributed by atoms with Crippen molar-refractivity contribution in [2.24, 2.45) is 0 Å². The minimum atomic E-state index is -0.522. The largest absolute Gasteiger partial charge is 0.403 e. The topological polar surface area (TPSA) is 149 Å². The quantitative estimate of drug-likeness (QED) is 0.456. The van der Waals surface area contributed by atoms with Crippen LogP contribution >= 0.6 is 0 Å². The number of amides is 2. The number of nitro groups is 1. The van der Waals surface area contributed by atoms with Crippen LogP contribution in [-0.2, 0) is 9.53 Å². The van der Waals surface area contributed by atoms with Crippen molar-refractivity contribution in [2.45, 2.75) is 0 Å². The highest BCUT2D eigenvalue weighted by molar-refractivity contribution is 6.04. The molecule has 29 heavy (non-hydrogen) atoms. The van der Waals surface area contributed by atoms with Gasteiger partial charge in [0, 0.05) is 36.1 Å². The molecule has 0 aliphatic carbocycles. The first kappa shape index (κ1) is 19.6. The first-order valence-electron chi connectivity index (χ1n) is 8.25. The second-order valence-corrected chi connectivity index (χ2v) is 5.73. The lowest BCUT2D eigenvalue weighted by Crippen LogP contribution is -2.18. The van der Waals surface area contributed by atoms with Crippen LogP contribution in [0.2, 0.25) is 0 Å². The van der Waals surface area contributed by atoms with Gasteiger partial charge >= 0.3 is 6.01 Å². The third kappa shape index (κ3) is 4.99. The van der Waals surface area contributed by atoms with E-state index in [1.165, 1.54) is 37.4 Å². The van der Waals surface area contributed by atoms with Crippen LogP contribution in [0.5, 0.6) is 0 Å². The van der Waals surface area contributed by atoms with Crippen molar-refractivity contribution < 1.29 is 23.7 Å². The van der Waals surface area contributed by atoms with Gasteiger partial charge in [0.15, 0.2) is 0 Å². The highest BCUT2D eigenvalue weighted by Crippen LogP contribution is 2.23. The normalized spacial score (nSPS) is 10.4. The zero-order valence-electron chi connectivity index (χ0n) is 15.1. The van der Waals surface area contributed by atoms with Crippen LogP contribution in [0, 0.1) is 10.1 Å². The van der Waals surface area contributed by atoms with Crippen LogP contribution < -0.4 is 10.6 Å². The molecule has 2 N–H and O–H groups in total. The number of rotatable bonds is 7. The van der Waals surface area contributed by atoms with Crippen molar-refractivity contribution in [3.63, 3.8) is 0 Å². The minimum Gasteiger partial charge on any atom is -0.403 e. The minimum absolute atomic E-state index is 0.0701.